The minimum atomic E-state index is -4.02. The molecule has 0 spiro atoms. The van der Waals surface area contributed by atoms with Crippen LogP contribution in [0.4, 0.5) is 8.78 Å². The number of benzene rings is 2. The quantitative estimate of drug-likeness (QED) is 0.613. The number of amides is 2. The summed E-state index contributed by atoms with van der Waals surface area (Å²) in [7, 11) is -4.02. The lowest BCUT2D eigenvalue weighted by Gasteiger charge is -2.29. The van der Waals surface area contributed by atoms with Crippen molar-refractivity contribution in [3.63, 3.8) is 0 Å². The van der Waals surface area contributed by atoms with Crippen molar-refractivity contribution in [3.05, 3.63) is 64.7 Å². The lowest BCUT2D eigenvalue weighted by atomic mass is 9.93. The maximum Gasteiger partial charge on any atom is 0.244 e. The minimum Gasteiger partial charge on any atom is -0.336 e. The van der Waals surface area contributed by atoms with Crippen LogP contribution in [-0.4, -0.2) is 48.5 Å². The normalized spacial score (nSPS) is 23.6. The summed E-state index contributed by atoms with van der Waals surface area (Å²) >= 11 is 6.15. The van der Waals surface area contributed by atoms with Gasteiger partial charge in [-0.3, -0.25) is 9.59 Å². The highest BCUT2D eigenvalue weighted by atomic mass is 35.5. The molecule has 36 heavy (non-hydrogen) atoms. The molecule has 2 atom stereocenters. The standard InChI is InChI=1S/C25H22ClF2N3O4S/c26-17-3-1-2-4-21(17)36(34,35)16-12-20(22(32)30-24(14-29)7-8-24)31(13-16)23(33)25(9-10-25)15-5-6-18(27)19(28)11-15/h1-6,11,16,20H,7-10,12-13H2,(H,30,32)/t16-,20+/m1/s1. The number of carbonyl (C=O) groups excluding carboxylic acids is 2. The van der Waals surface area contributed by atoms with Gasteiger partial charge < -0.3 is 10.2 Å². The third-order valence-electron chi connectivity index (χ3n) is 7.37. The monoisotopic (exact) mass is 533 g/mol. The number of nitriles is 1. The second-order valence-electron chi connectivity index (χ2n) is 9.70. The first-order valence-corrected chi connectivity index (χ1v) is 13.4. The van der Waals surface area contributed by atoms with Crippen LogP contribution in [0.3, 0.4) is 0 Å². The summed E-state index contributed by atoms with van der Waals surface area (Å²) in [6.07, 6.45) is 1.46. The molecule has 1 heterocycles. The Kier molecular flexibility index (Phi) is 5.84. The van der Waals surface area contributed by atoms with E-state index in [0.29, 0.717) is 25.7 Å². The summed E-state index contributed by atoms with van der Waals surface area (Å²) in [5, 5.41) is 11.0. The number of hydrogen-bond acceptors (Lipinski definition) is 5. The van der Waals surface area contributed by atoms with Gasteiger partial charge in [-0.25, -0.2) is 17.2 Å². The van der Waals surface area contributed by atoms with Crippen molar-refractivity contribution in [3.8, 4) is 6.07 Å². The molecule has 3 aliphatic rings. The van der Waals surface area contributed by atoms with Gasteiger partial charge >= 0.3 is 0 Å². The van der Waals surface area contributed by atoms with E-state index in [-0.39, 0.29) is 28.4 Å². The fourth-order valence-corrected chi connectivity index (χ4v) is 7.10. The first kappa shape index (κ1) is 24.7. The zero-order chi connectivity index (χ0) is 25.9. The van der Waals surface area contributed by atoms with Crippen LogP contribution in [0.25, 0.3) is 0 Å². The van der Waals surface area contributed by atoms with Crippen molar-refractivity contribution in [1.29, 1.82) is 5.26 Å². The molecule has 2 aromatic rings. The van der Waals surface area contributed by atoms with Crippen LogP contribution >= 0.6 is 11.6 Å². The Balaban J connectivity index is 1.49. The van der Waals surface area contributed by atoms with Gasteiger partial charge in [0.1, 0.15) is 11.6 Å². The number of nitrogens with zero attached hydrogens (tertiary/aromatic N) is 2. The van der Waals surface area contributed by atoms with E-state index >= 15 is 0 Å². The summed E-state index contributed by atoms with van der Waals surface area (Å²) in [4.78, 5) is 28.2. The largest absolute Gasteiger partial charge is 0.336 e. The summed E-state index contributed by atoms with van der Waals surface area (Å²) in [6.45, 7) is -0.268. The molecule has 2 saturated carbocycles. The molecule has 7 nitrogen and oxygen atoms in total. The van der Waals surface area contributed by atoms with Crippen LogP contribution in [0.15, 0.2) is 47.4 Å². The van der Waals surface area contributed by atoms with Crippen LogP contribution in [0.5, 0.6) is 0 Å². The van der Waals surface area contributed by atoms with E-state index in [9.17, 15) is 32.0 Å². The van der Waals surface area contributed by atoms with Gasteiger partial charge in [-0.15, -0.1) is 0 Å². The predicted octanol–water partition coefficient (Wildman–Crippen LogP) is 3.27. The molecule has 1 saturated heterocycles. The third-order valence-corrected chi connectivity index (χ3v) is 10.00. The second kappa shape index (κ2) is 8.53. The van der Waals surface area contributed by atoms with E-state index in [2.05, 4.69) is 11.4 Å². The van der Waals surface area contributed by atoms with Crippen LogP contribution in [0.1, 0.15) is 37.7 Å². The number of sulfone groups is 1. The molecule has 0 unspecified atom stereocenters. The fourth-order valence-electron chi connectivity index (χ4n) is 4.88. The van der Waals surface area contributed by atoms with Crippen LogP contribution in [0, 0.1) is 23.0 Å². The van der Waals surface area contributed by atoms with Crippen molar-refractivity contribution in [2.75, 3.05) is 6.54 Å². The molecule has 1 N–H and O–H groups in total. The van der Waals surface area contributed by atoms with Gasteiger partial charge in [-0.05, 0) is 61.9 Å². The zero-order valence-electron chi connectivity index (χ0n) is 19.0. The van der Waals surface area contributed by atoms with Crippen molar-refractivity contribution >= 4 is 33.3 Å². The average molecular weight is 534 g/mol. The Morgan fingerprint density at radius 2 is 1.78 bits per heavy atom. The van der Waals surface area contributed by atoms with Gasteiger partial charge in [-0.1, -0.05) is 29.8 Å². The van der Waals surface area contributed by atoms with Crippen LogP contribution in [-0.2, 0) is 24.8 Å². The molecule has 2 aromatic carbocycles. The first-order chi connectivity index (χ1) is 17.0. The van der Waals surface area contributed by atoms with E-state index in [0.717, 1.165) is 12.1 Å². The number of rotatable bonds is 6. The second-order valence-corrected chi connectivity index (χ2v) is 12.3. The molecule has 0 aromatic heterocycles. The highest BCUT2D eigenvalue weighted by molar-refractivity contribution is 7.92. The maximum absolute atomic E-state index is 14.0. The molecular formula is C25H22ClF2N3O4S. The SMILES string of the molecule is N#CC1(NC(=O)[C@@H]2C[C@@H](S(=O)(=O)c3ccccc3Cl)CN2C(=O)C2(c3ccc(F)c(F)c3)CC2)CC1. The molecule has 1 aliphatic heterocycles. The number of halogens is 3. The molecule has 2 aliphatic carbocycles. The molecule has 0 bridgehead atoms. The molecule has 5 rings (SSSR count). The Hall–Kier alpha value is -3.03. The zero-order valence-corrected chi connectivity index (χ0v) is 20.6. The number of nitrogens with one attached hydrogen (secondary N) is 1. The maximum atomic E-state index is 14.0. The molecular weight excluding hydrogens is 512 g/mol. The smallest absolute Gasteiger partial charge is 0.244 e. The van der Waals surface area contributed by atoms with Gasteiger partial charge in [-0.2, -0.15) is 5.26 Å². The summed E-state index contributed by atoms with van der Waals surface area (Å²) in [6, 6.07) is 10.1. The number of carbonyl (C=O) groups is 2. The minimum absolute atomic E-state index is 0.0325. The van der Waals surface area contributed by atoms with Crippen molar-refractivity contribution in [1.82, 2.24) is 10.2 Å². The average Bonchev–Trinajstić information content (AvgIpc) is 3.77. The van der Waals surface area contributed by atoms with Crippen molar-refractivity contribution in [2.45, 2.75) is 59.2 Å². The van der Waals surface area contributed by atoms with E-state index in [4.69, 9.17) is 11.6 Å². The Morgan fingerprint density at radius 3 is 2.36 bits per heavy atom. The van der Waals surface area contributed by atoms with E-state index in [1.807, 2.05) is 0 Å². The lowest BCUT2D eigenvalue weighted by molar-refractivity contribution is -0.140. The van der Waals surface area contributed by atoms with E-state index < -0.39 is 55.5 Å². The molecule has 2 amide bonds. The molecule has 188 valence electrons. The molecule has 11 heteroatoms. The first-order valence-electron chi connectivity index (χ1n) is 11.5. The van der Waals surface area contributed by atoms with Crippen molar-refractivity contribution < 1.29 is 26.8 Å². The summed E-state index contributed by atoms with van der Waals surface area (Å²) < 4.78 is 54.4. The predicted molar refractivity (Wildman–Crippen MR) is 126 cm³/mol. The Bertz CT molecular complexity index is 1420. The fraction of sp³-hybridized carbons (Fsp3) is 0.400. The Labute approximate surface area is 212 Å². The number of likely N-dealkylation sites (tertiary alicyclic amines) is 1. The Morgan fingerprint density at radius 1 is 1.08 bits per heavy atom. The van der Waals surface area contributed by atoms with Crippen LogP contribution < -0.4 is 5.32 Å². The summed E-state index contributed by atoms with van der Waals surface area (Å²) in [5.41, 5.74) is -1.90. The van der Waals surface area contributed by atoms with Gasteiger partial charge in [0.2, 0.25) is 11.8 Å². The summed E-state index contributed by atoms with van der Waals surface area (Å²) in [5.74, 6) is -3.27. The topological polar surface area (TPSA) is 107 Å². The molecule has 3 fully saturated rings. The van der Waals surface area contributed by atoms with Crippen molar-refractivity contribution in [2.24, 2.45) is 0 Å². The van der Waals surface area contributed by atoms with Gasteiger partial charge in [0, 0.05) is 6.54 Å². The third kappa shape index (κ3) is 4.04. The van der Waals surface area contributed by atoms with E-state index in [1.54, 1.807) is 6.07 Å². The van der Waals surface area contributed by atoms with Crippen LogP contribution in [0.2, 0.25) is 5.02 Å². The highest BCUT2D eigenvalue weighted by Crippen LogP contribution is 2.51. The van der Waals surface area contributed by atoms with E-state index in [1.165, 1.54) is 29.2 Å². The molecule has 0 radical (unpaired) electrons. The van der Waals surface area contributed by atoms with Gasteiger partial charge in [0.05, 0.1) is 26.7 Å². The van der Waals surface area contributed by atoms with Gasteiger partial charge in [0.15, 0.2) is 21.5 Å². The lowest BCUT2D eigenvalue weighted by Crippen LogP contribution is -2.51. The number of hydrogen-bond donors (Lipinski definition) is 1. The van der Waals surface area contributed by atoms with Gasteiger partial charge in [0.25, 0.3) is 0 Å². The highest BCUT2D eigenvalue weighted by Gasteiger charge is 2.58.